The number of hydrogen-bond donors (Lipinski definition) is 0. The van der Waals surface area contributed by atoms with E-state index in [0.717, 1.165) is 0 Å². The number of ether oxygens (including phenoxy) is 2. The van der Waals surface area contributed by atoms with Crippen molar-refractivity contribution in [2.75, 3.05) is 0 Å². The first-order valence-electron chi connectivity index (χ1n) is 5.91. The van der Waals surface area contributed by atoms with E-state index < -0.39 is 11.3 Å². The van der Waals surface area contributed by atoms with Crippen molar-refractivity contribution in [3.63, 3.8) is 0 Å². The molecule has 110 valence electrons. The van der Waals surface area contributed by atoms with Gasteiger partial charge in [0, 0.05) is 6.20 Å². The second-order valence-electron chi connectivity index (χ2n) is 4.05. The van der Waals surface area contributed by atoms with Crippen LogP contribution in [0.4, 0.5) is 0 Å². The number of halogens is 3. The fourth-order valence-corrected chi connectivity index (χ4v) is 1.75. The Morgan fingerprint density at radius 1 is 1.14 bits per heavy atom. The molecule has 0 aliphatic carbocycles. The van der Waals surface area contributed by atoms with Gasteiger partial charge in [0.25, 0.3) is 5.24 Å². The van der Waals surface area contributed by atoms with Crippen LogP contribution in [0.2, 0.25) is 10.0 Å². The summed E-state index contributed by atoms with van der Waals surface area (Å²) in [7, 11) is 0. The zero-order valence-corrected chi connectivity index (χ0v) is 13.1. The second-order valence-corrected chi connectivity index (χ2v) is 5.21. The minimum atomic E-state index is -0.720. The van der Waals surface area contributed by atoms with Crippen LogP contribution in [0.3, 0.4) is 0 Å². The summed E-state index contributed by atoms with van der Waals surface area (Å²) >= 11 is 17.2. The molecule has 0 radical (unpaired) electrons. The molecular weight excluding hydrogens is 337 g/mol. The average molecular weight is 347 g/mol. The summed E-state index contributed by atoms with van der Waals surface area (Å²) in [6.45, 7) is 1.56. The molecular formula is C14H10Cl3NO3. The first kappa shape index (κ1) is 15.9. The summed E-state index contributed by atoms with van der Waals surface area (Å²) in [5.41, 5.74) is 0. The molecule has 21 heavy (non-hydrogen) atoms. The third-order valence-corrected chi connectivity index (χ3v) is 3.57. The average Bonchev–Trinajstić information content (AvgIpc) is 2.46. The van der Waals surface area contributed by atoms with Crippen molar-refractivity contribution in [1.82, 2.24) is 4.98 Å². The van der Waals surface area contributed by atoms with Crippen molar-refractivity contribution in [3.8, 4) is 17.4 Å². The van der Waals surface area contributed by atoms with Gasteiger partial charge in [0.15, 0.2) is 6.10 Å². The van der Waals surface area contributed by atoms with Crippen LogP contribution in [0.1, 0.15) is 6.92 Å². The van der Waals surface area contributed by atoms with Gasteiger partial charge in [-0.1, -0.05) is 23.2 Å². The van der Waals surface area contributed by atoms with Crippen LogP contribution in [-0.2, 0) is 4.79 Å². The minimum absolute atomic E-state index is 0.210. The number of carbonyl (C=O) groups excluding carboxylic acids is 1. The van der Waals surface area contributed by atoms with E-state index in [1.807, 2.05) is 0 Å². The molecule has 0 N–H and O–H groups in total. The number of nitrogens with zero attached hydrogens (tertiary/aromatic N) is 1. The maximum absolute atomic E-state index is 10.9. The normalized spacial score (nSPS) is 11.8. The van der Waals surface area contributed by atoms with E-state index in [2.05, 4.69) is 4.98 Å². The van der Waals surface area contributed by atoms with Crippen LogP contribution in [0.25, 0.3) is 0 Å². The summed E-state index contributed by atoms with van der Waals surface area (Å²) in [6.07, 6.45) is 0.775. The molecule has 4 nitrogen and oxygen atoms in total. The molecule has 0 spiro atoms. The SMILES string of the molecule is CC(Oc1ccc(Oc2nccc(Cl)c2Cl)cc1)C(=O)Cl. The molecule has 1 aromatic heterocycles. The first-order valence-corrected chi connectivity index (χ1v) is 7.04. The van der Waals surface area contributed by atoms with Crippen molar-refractivity contribution in [2.24, 2.45) is 0 Å². The van der Waals surface area contributed by atoms with Gasteiger partial charge in [-0.15, -0.1) is 0 Å². The van der Waals surface area contributed by atoms with E-state index in [1.165, 1.54) is 6.20 Å². The molecule has 0 aliphatic heterocycles. The molecule has 1 heterocycles. The van der Waals surface area contributed by atoms with E-state index in [-0.39, 0.29) is 10.9 Å². The Hall–Kier alpha value is -1.49. The van der Waals surface area contributed by atoms with Gasteiger partial charge in [-0.25, -0.2) is 4.98 Å². The number of carbonyl (C=O) groups is 1. The standard InChI is InChI=1S/C14H10Cl3NO3/c1-8(13(17)19)20-9-2-4-10(5-3-9)21-14-12(16)11(15)6-7-18-14/h2-8H,1H3. The lowest BCUT2D eigenvalue weighted by molar-refractivity contribution is -0.117. The largest absolute Gasteiger partial charge is 0.482 e. The van der Waals surface area contributed by atoms with Gasteiger partial charge in [0.05, 0.1) is 5.02 Å². The molecule has 0 bridgehead atoms. The Morgan fingerprint density at radius 3 is 2.38 bits per heavy atom. The van der Waals surface area contributed by atoms with Crippen LogP contribution in [-0.4, -0.2) is 16.3 Å². The highest BCUT2D eigenvalue weighted by Crippen LogP contribution is 2.33. The van der Waals surface area contributed by atoms with E-state index >= 15 is 0 Å². The second kappa shape index (κ2) is 6.98. The quantitative estimate of drug-likeness (QED) is 0.735. The van der Waals surface area contributed by atoms with Gasteiger partial charge in [-0.2, -0.15) is 0 Å². The fraction of sp³-hybridized carbons (Fsp3) is 0.143. The Morgan fingerprint density at radius 2 is 1.76 bits per heavy atom. The number of rotatable bonds is 5. The molecule has 7 heteroatoms. The van der Waals surface area contributed by atoms with Gasteiger partial charge in [0.1, 0.15) is 16.5 Å². The van der Waals surface area contributed by atoms with Crippen LogP contribution in [0.15, 0.2) is 36.5 Å². The van der Waals surface area contributed by atoms with Crippen molar-refractivity contribution in [2.45, 2.75) is 13.0 Å². The summed E-state index contributed by atoms with van der Waals surface area (Å²) in [4.78, 5) is 14.9. The van der Waals surface area contributed by atoms with Gasteiger partial charge in [-0.05, 0) is 48.9 Å². The highest BCUT2D eigenvalue weighted by Gasteiger charge is 2.12. The van der Waals surface area contributed by atoms with E-state index in [1.54, 1.807) is 37.3 Å². The van der Waals surface area contributed by atoms with Crippen molar-refractivity contribution in [1.29, 1.82) is 0 Å². The molecule has 0 saturated heterocycles. The summed E-state index contributed by atoms with van der Waals surface area (Å²) in [5.74, 6) is 1.21. The number of hydrogen-bond acceptors (Lipinski definition) is 4. The monoisotopic (exact) mass is 345 g/mol. The Labute approximate surface area is 136 Å². The Bertz CT molecular complexity index is 646. The zero-order chi connectivity index (χ0) is 15.4. The lowest BCUT2D eigenvalue weighted by Crippen LogP contribution is -2.18. The smallest absolute Gasteiger partial charge is 0.262 e. The van der Waals surface area contributed by atoms with Crippen LogP contribution in [0.5, 0.6) is 17.4 Å². The predicted molar refractivity (Wildman–Crippen MR) is 81.7 cm³/mol. The minimum Gasteiger partial charge on any atom is -0.482 e. The summed E-state index contributed by atoms with van der Waals surface area (Å²) in [5, 5.41) is 0.0298. The number of aromatic nitrogens is 1. The van der Waals surface area contributed by atoms with Crippen LogP contribution < -0.4 is 9.47 Å². The third kappa shape index (κ3) is 4.24. The van der Waals surface area contributed by atoms with Crippen LogP contribution >= 0.6 is 34.8 Å². The molecule has 2 aromatic rings. The molecule has 2 rings (SSSR count). The Balaban J connectivity index is 2.09. The molecule has 0 aliphatic rings. The third-order valence-electron chi connectivity index (χ3n) is 2.48. The van der Waals surface area contributed by atoms with Crippen LogP contribution in [0, 0.1) is 0 Å². The van der Waals surface area contributed by atoms with E-state index in [4.69, 9.17) is 44.3 Å². The van der Waals surface area contributed by atoms with Crippen molar-refractivity contribution in [3.05, 3.63) is 46.6 Å². The lowest BCUT2D eigenvalue weighted by Gasteiger charge is -2.11. The molecule has 1 atom stereocenters. The summed E-state index contributed by atoms with van der Waals surface area (Å²) in [6, 6.07) is 8.16. The van der Waals surface area contributed by atoms with Crippen molar-refractivity contribution < 1.29 is 14.3 Å². The fourth-order valence-electron chi connectivity index (χ4n) is 1.42. The summed E-state index contributed by atoms with van der Waals surface area (Å²) < 4.78 is 10.8. The number of benzene rings is 1. The first-order chi connectivity index (χ1) is 9.97. The molecule has 1 aromatic carbocycles. The maximum Gasteiger partial charge on any atom is 0.262 e. The highest BCUT2D eigenvalue weighted by molar-refractivity contribution is 6.64. The molecule has 0 amide bonds. The van der Waals surface area contributed by atoms with E-state index in [9.17, 15) is 4.79 Å². The maximum atomic E-state index is 10.9. The Kier molecular flexibility index (Phi) is 5.28. The predicted octanol–water partition coefficient (Wildman–Crippen LogP) is 4.71. The molecule has 0 saturated carbocycles. The van der Waals surface area contributed by atoms with E-state index in [0.29, 0.717) is 16.5 Å². The van der Waals surface area contributed by atoms with Gasteiger partial charge < -0.3 is 9.47 Å². The van der Waals surface area contributed by atoms with Gasteiger partial charge in [0.2, 0.25) is 5.88 Å². The number of pyridine rings is 1. The topological polar surface area (TPSA) is 48.4 Å². The highest BCUT2D eigenvalue weighted by atomic mass is 35.5. The van der Waals surface area contributed by atoms with Gasteiger partial charge in [-0.3, -0.25) is 4.79 Å². The van der Waals surface area contributed by atoms with Gasteiger partial charge >= 0.3 is 0 Å². The molecule has 0 fully saturated rings. The lowest BCUT2D eigenvalue weighted by atomic mass is 10.3. The molecule has 1 unspecified atom stereocenters. The zero-order valence-electron chi connectivity index (χ0n) is 10.8. The van der Waals surface area contributed by atoms with Crippen molar-refractivity contribution >= 4 is 40.0 Å².